The third kappa shape index (κ3) is 2.61. The molecule has 3 rings (SSSR count). The van der Waals surface area contributed by atoms with Gasteiger partial charge in [0, 0.05) is 11.6 Å². The summed E-state index contributed by atoms with van der Waals surface area (Å²) < 4.78 is 25.2. The Balaban J connectivity index is 1.86. The quantitative estimate of drug-likeness (QED) is 0.908. The van der Waals surface area contributed by atoms with Gasteiger partial charge in [-0.2, -0.15) is 0 Å². The molecule has 2 aliphatic rings. The number of benzene rings is 1. The summed E-state index contributed by atoms with van der Waals surface area (Å²) in [6.07, 6.45) is 2.00. The Bertz CT molecular complexity index is 733. The van der Waals surface area contributed by atoms with E-state index in [1.54, 1.807) is 26.0 Å². The molecule has 2 amide bonds. The van der Waals surface area contributed by atoms with Crippen LogP contribution in [0.25, 0.3) is 0 Å². The summed E-state index contributed by atoms with van der Waals surface area (Å²) in [6.45, 7) is 3.23. The van der Waals surface area contributed by atoms with Gasteiger partial charge in [-0.3, -0.25) is 9.59 Å². The number of amides is 2. The Morgan fingerprint density at radius 1 is 1.23 bits per heavy atom. The van der Waals surface area contributed by atoms with Crippen molar-refractivity contribution in [2.45, 2.75) is 32.7 Å². The molecule has 6 nitrogen and oxygen atoms in total. The van der Waals surface area contributed by atoms with Gasteiger partial charge in [0.2, 0.25) is 15.9 Å². The molecule has 7 heteroatoms. The van der Waals surface area contributed by atoms with Crippen LogP contribution >= 0.6 is 0 Å². The smallest absolute Gasteiger partial charge is 0.251 e. The highest BCUT2D eigenvalue weighted by atomic mass is 32.2. The maximum Gasteiger partial charge on any atom is 0.251 e. The number of hydrogen-bond donors (Lipinski definition) is 1. The minimum Gasteiger partial charge on any atom is -0.349 e. The highest BCUT2D eigenvalue weighted by Crippen LogP contribution is 2.35. The number of nitrogens with zero attached hydrogens (tertiary/aromatic N) is 1. The second-order valence-corrected chi connectivity index (χ2v) is 8.32. The molecular weight excluding hydrogens is 304 g/mol. The van der Waals surface area contributed by atoms with E-state index in [9.17, 15) is 18.0 Å². The zero-order chi connectivity index (χ0) is 16.1. The highest BCUT2D eigenvalue weighted by molar-refractivity contribution is 7.94. The van der Waals surface area contributed by atoms with Gasteiger partial charge in [-0.15, -0.1) is 0 Å². The lowest BCUT2D eigenvalue weighted by Gasteiger charge is -2.17. The lowest BCUT2D eigenvalue weighted by atomic mass is 9.95. The van der Waals surface area contributed by atoms with Crippen molar-refractivity contribution in [2.24, 2.45) is 5.41 Å². The Morgan fingerprint density at radius 3 is 2.27 bits per heavy atom. The summed E-state index contributed by atoms with van der Waals surface area (Å²) in [5.41, 5.74) is -0.196. The average Bonchev–Trinajstić information content (AvgIpc) is 3.18. The van der Waals surface area contributed by atoms with Crippen molar-refractivity contribution in [1.82, 2.24) is 5.32 Å². The highest BCUT2D eigenvalue weighted by Gasteiger charge is 2.49. The fourth-order valence-electron chi connectivity index (χ4n) is 2.51. The van der Waals surface area contributed by atoms with Crippen molar-refractivity contribution >= 4 is 27.5 Å². The summed E-state index contributed by atoms with van der Waals surface area (Å²) in [5, 5.41) is 2.86. The van der Waals surface area contributed by atoms with E-state index < -0.39 is 21.3 Å². The van der Waals surface area contributed by atoms with Crippen LogP contribution in [0.15, 0.2) is 24.3 Å². The number of sulfonamides is 1. The second-order valence-electron chi connectivity index (χ2n) is 6.50. The van der Waals surface area contributed by atoms with Gasteiger partial charge in [0.05, 0.1) is 16.9 Å². The maximum atomic E-state index is 12.3. The van der Waals surface area contributed by atoms with Crippen LogP contribution in [0, 0.1) is 5.41 Å². The van der Waals surface area contributed by atoms with Crippen LogP contribution in [-0.4, -0.2) is 32.0 Å². The van der Waals surface area contributed by atoms with E-state index in [4.69, 9.17) is 0 Å². The first-order chi connectivity index (χ1) is 10.2. The largest absolute Gasteiger partial charge is 0.349 e. The molecular formula is C15H18N2O4S. The third-order valence-electron chi connectivity index (χ3n) is 3.86. The standard InChI is InChI=1S/C15H18N2O4S/c1-15(2)9-22(20,21)17(14(15)19)12-7-3-10(4-8-12)13(18)16-11-5-6-11/h3-4,7-8,11H,5-6,9H2,1-2H3,(H,16,18). The summed E-state index contributed by atoms with van der Waals surface area (Å²) in [5.74, 6) is -0.824. The number of carbonyl (C=O) groups is 2. The molecule has 1 saturated heterocycles. The first-order valence-electron chi connectivity index (χ1n) is 7.19. The van der Waals surface area contributed by atoms with E-state index in [-0.39, 0.29) is 23.4 Å². The van der Waals surface area contributed by atoms with Gasteiger partial charge in [0.15, 0.2) is 0 Å². The van der Waals surface area contributed by atoms with Crippen molar-refractivity contribution in [3.05, 3.63) is 29.8 Å². The van der Waals surface area contributed by atoms with Gasteiger partial charge in [-0.05, 0) is 51.0 Å². The summed E-state index contributed by atoms with van der Waals surface area (Å²) >= 11 is 0. The molecule has 1 aliphatic heterocycles. The second kappa shape index (κ2) is 4.81. The number of anilines is 1. The molecule has 118 valence electrons. The molecule has 1 heterocycles. The Hall–Kier alpha value is -1.89. The molecule has 0 spiro atoms. The van der Waals surface area contributed by atoms with Crippen molar-refractivity contribution in [1.29, 1.82) is 0 Å². The lowest BCUT2D eigenvalue weighted by Crippen LogP contribution is -2.33. The molecule has 2 fully saturated rings. The lowest BCUT2D eigenvalue weighted by molar-refractivity contribution is -0.123. The number of carbonyl (C=O) groups excluding carboxylic acids is 2. The molecule has 22 heavy (non-hydrogen) atoms. The van der Waals surface area contributed by atoms with E-state index in [2.05, 4.69) is 5.32 Å². The fraction of sp³-hybridized carbons (Fsp3) is 0.467. The SMILES string of the molecule is CC1(C)CS(=O)(=O)N(c2ccc(C(=O)NC3CC3)cc2)C1=O. The average molecular weight is 322 g/mol. The monoisotopic (exact) mass is 322 g/mol. The van der Waals surface area contributed by atoms with Gasteiger partial charge in [-0.1, -0.05) is 0 Å². The molecule has 0 atom stereocenters. The zero-order valence-corrected chi connectivity index (χ0v) is 13.3. The minimum absolute atomic E-state index is 0.176. The first kappa shape index (κ1) is 15.0. The Kier molecular flexibility index (Phi) is 3.28. The molecule has 0 aromatic heterocycles. The van der Waals surface area contributed by atoms with Crippen LogP contribution < -0.4 is 9.62 Å². The van der Waals surface area contributed by atoms with Gasteiger partial charge >= 0.3 is 0 Å². The molecule has 0 bridgehead atoms. The summed E-state index contributed by atoms with van der Waals surface area (Å²) in [4.78, 5) is 24.2. The predicted molar refractivity (Wildman–Crippen MR) is 82.0 cm³/mol. The van der Waals surface area contributed by atoms with Gasteiger partial charge < -0.3 is 5.32 Å². The fourth-order valence-corrected chi connectivity index (χ4v) is 4.61. The predicted octanol–water partition coefficient (Wildman–Crippen LogP) is 1.28. The van der Waals surface area contributed by atoms with Gasteiger partial charge in [0.25, 0.3) is 5.91 Å². The van der Waals surface area contributed by atoms with Crippen molar-refractivity contribution in [3.8, 4) is 0 Å². The molecule has 1 aliphatic carbocycles. The van der Waals surface area contributed by atoms with E-state index in [0.29, 0.717) is 5.56 Å². The van der Waals surface area contributed by atoms with Crippen LogP contribution in [0.2, 0.25) is 0 Å². The molecule has 1 aromatic carbocycles. The molecule has 1 aromatic rings. The van der Waals surface area contributed by atoms with Crippen molar-refractivity contribution in [2.75, 3.05) is 10.1 Å². The molecule has 1 saturated carbocycles. The molecule has 0 unspecified atom stereocenters. The van der Waals surface area contributed by atoms with Gasteiger partial charge in [0.1, 0.15) is 0 Å². The van der Waals surface area contributed by atoms with Crippen LogP contribution in [0.3, 0.4) is 0 Å². The van der Waals surface area contributed by atoms with Crippen molar-refractivity contribution < 1.29 is 18.0 Å². The summed E-state index contributed by atoms with van der Waals surface area (Å²) in [6, 6.07) is 6.34. The number of rotatable bonds is 3. The Labute approximate surface area is 129 Å². The van der Waals surface area contributed by atoms with Crippen molar-refractivity contribution in [3.63, 3.8) is 0 Å². The van der Waals surface area contributed by atoms with Crippen LogP contribution in [0.5, 0.6) is 0 Å². The molecule has 1 N–H and O–H groups in total. The minimum atomic E-state index is -3.66. The number of nitrogens with one attached hydrogen (secondary N) is 1. The van der Waals surface area contributed by atoms with Gasteiger partial charge in [-0.25, -0.2) is 12.7 Å². The normalized spacial score (nSPS) is 22.6. The molecule has 0 radical (unpaired) electrons. The van der Waals surface area contributed by atoms with Crippen LogP contribution in [0.4, 0.5) is 5.69 Å². The first-order valence-corrected chi connectivity index (χ1v) is 8.80. The van der Waals surface area contributed by atoms with E-state index >= 15 is 0 Å². The Morgan fingerprint density at radius 2 is 1.82 bits per heavy atom. The third-order valence-corrected chi connectivity index (χ3v) is 5.88. The summed E-state index contributed by atoms with van der Waals surface area (Å²) in [7, 11) is -3.66. The van der Waals surface area contributed by atoms with Crippen LogP contribution in [0.1, 0.15) is 37.0 Å². The van der Waals surface area contributed by atoms with E-state index in [1.807, 2.05) is 0 Å². The van der Waals surface area contributed by atoms with Crippen LogP contribution in [-0.2, 0) is 14.8 Å². The zero-order valence-electron chi connectivity index (χ0n) is 12.5. The topological polar surface area (TPSA) is 83.6 Å². The maximum absolute atomic E-state index is 12.3. The van der Waals surface area contributed by atoms with E-state index in [1.165, 1.54) is 12.1 Å². The van der Waals surface area contributed by atoms with E-state index in [0.717, 1.165) is 17.1 Å². The number of hydrogen-bond acceptors (Lipinski definition) is 4.